The van der Waals surface area contributed by atoms with Crippen molar-refractivity contribution < 1.29 is 9.18 Å². The molecule has 0 atom stereocenters. The fourth-order valence-electron chi connectivity index (χ4n) is 1.44. The Morgan fingerprint density at radius 3 is 2.43 bits per heavy atom. The van der Waals surface area contributed by atoms with Crippen LogP contribution in [-0.2, 0) is 0 Å². The topological polar surface area (TPSA) is 43.1 Å². The van der Waals surface area contributed by atoms with Crippen LogP contribution in [0.1, 0.15) is 41.3 Å². The predicted molar refractivity (Wildman–Crippen MR) is 53.7 cm³/mol. The first-order valence-corrected chi connectivity index (χ1v) is 4.53. The van der Waals surface area contributed by atoms with Gasteiger partial charge in [0.15, 0.2) is 0 Å². The smallest absolute Gasteiger partial charge is 0.248 e. The first kappa shape index (κ1) is 10.7. The average molecular weight is 195 g/mol. The lowest BCUT2D eigenvalue weighted by Gasteiger charge is -2.11. The standard InChI is InChI=1S/C11H14FNO/c1-6(2)9-4-8(11(13)14)5-10(12)7(9)3/h4-6H,1-3H3,(H2,13,14). The Morgan fingerprint density at radius 2 is 2.00 bits per heavy atom. The minimum atomic E-state index is -0.592. The van der Waals surface area contributed by atoms with Gasteiger partial charge in [-0.3, -0.25) is 4.79 Å². The Balaban J connectivity index is 3.35. The maximum atomic E-state index is 13.4. The van der Waals surface area contributed by atoms with Gasteiger partial charge in [-0.2, -0.15) is 0 Å². The second-order valence-corrected chi connectivity index (χ2v) is 3.69. The molecule has 1 amide bonds. The summed E-state index contributed by atoms with van der Waals surface area (Å²) in [5, 5.41) is 0. The molecule has 2 nitrogen and oxygen atoms in total. The van der Waals surface area contributed by atoms with Crippen LogP contribution in [0.2, 0.25) is 0 Å². The van der Waals surface area contributed by atoms with E-state index in [9.17, 15) is 9.18 Å². The van der Waals surface area contributed by atoms with E-state index in [0.29, 0.717) is 5.56 Å². The van der Waals surface area contributed by atoms with Gasteiger partial charge in [-0.05, 0) is 36.1 Å². The van der Waals surface area contributed by atoms with E-state index in [0.717, 1.165) is 5.56 Å². The lowest BCUT2D eigenvalue weighted by molar-refractivity contribution is 0.0999. The van der Waals surface area contributed by atoms with Crippen LogP contribution >= 0.6 is 0 Å². The molecule has 76 valence electrons. The maximum absolute atomic E-state index is 13.4. The highest BCUT2D eigenvalue weighted by molar-refractivity contribution is 5.93. The molecule has 0 fully saturated rings. The van der Waals surface area contributed by atoms with E-state index < -0.39 is 5.91 Å². The SMILES string of the molecule is Cc1c(F)cc(C(N)=O)cc1C(C)C. The molecule has 0 saturated heterocycles. The normalized spacial score (nSPS) is 10.6. The molecule has 0 heterocycles. The number of carbonyl (C=O) groups is 1. The highest BCUT2D eigenvalue weighted by Gasteiger charge is 2.12. The average Bonchev–Trinajstić information content (AvgIpc) is 2.08. The molecule has 0 aliphatic rings. The van der Waals surface area contributed by atoms with Gasteiger partial charge in [0.05, 0.1) is 0 Å². The molecule has 3 heteroatoms. The third-order valence-corrected chi connectivity index (χ3v) is 2.29. The van der Waals surface area contributed by atoms with Crippen molar-refractivity contribution in [1.29, 1.82) is 0 Å². The van der Waals surface area contributed by atoms with Gasteiger partial charge in [0.1, 0.15) is 5.82 Å². The van der Waals surface area contributed by atoms with E-state index in [2.05, 4.69) is 0 Å². The minimum absolute atomic E-state index is 0.184. The zero-order valence-corrected chi connectivity index (χ0v) is 8.60. The summed E-state index contributed by atoms with van der Waals surface area (Å²) in [6.45, 7) is 5.61. The second kappa shape index (κ2) is 3.78. The Morgan fingerprint density at radius 1 is 1.43 bits per heavy atom. The number of halogens is 1. The molecule has 0 aromatic heterocycles. The Bertz CT molecular complexity index is 372. The molecule has 1 aromatic carbocycles. The van der Waals surface area contributed by atoms with Crippen molar-refractivity contribution in [2.45, 2.75) is 26.7 Å². The number of primary amides is 1. The van der Waals surface area contributed by atoms with Crippen LogP contribution in [0.25, 0.3) is 0 Å². The third kappa shape index (κ3) is 1.92. The number of carbonyl (C=O) groups excluding carboxylic acids is 1. The summed E-state index contributed by atoms with van der Waals surface area (Å²) in [4.78, 5) is 10.9. The highest BCUT2D eigenvalue weighted by Crippen LogP contribution is 2.22. The van der Waals surface area contributed by atoms with Crippen LogP contribution in [0.4, 0.5) is 4.39 Å². The van der Waals surface area contributed by atoms with E-state index >= 15 is 0 Å². The molecule has 0 aliphatic carbocycles. The molecule has 0 spiro atoms. The lowest BCUT2D eigenvalue weighted by atomic mass is 9.95. The lowest BCUT2D eigenvalue weighted by Crippen LogP contribution is -2.12. The van der Waals surface area contributed by atoms with E-state index in [1.54, 1.807) is 13.0 Å². The van der Waals surface area contributed by atoms with Crippen molar-refractivity contribution in [3.63, 3.8) is 0 Å². The molecule has 1 aromatic rings. The van der Waals surface area contributed by atoms with Crippen LogP contribution in [0, 0.1) is 12.7 Å². The maximum Gasteiger partial charge on any atom is 0.248 e. The number of benzene rings is 1. The van der Waals surface area contributed by atoms with Gasteiger partial charge in [0.25, 0.3) is 0 Å². The van der Waals surface area contributed by atoms with Crippen LogP contribution in [0.15, 0.2) is 12.1 Å². The van der Waals surface area contributed by atoms with Crippen LogP contribution in [0.5, 0.6) is 0 Å². The molecular formula is C11H14FNO. The fraction of sp³-hybridized carbons (Fsp3) is 0.364. The molecule has 1 rings (SSSR count). The second-order valence-electron chi connectivity index (χ2n) is 3.69. The summed E-state index contributed by atoms with van der Waals surface area (Å²) >= 11 is 0. The predicted octanol–water partition coefficient (Wildman–Crippen LogP) is 2.36. The van der Waals surface area contributed by atoms with Crippen molar-refractivity contribution in [2.75, 3.05) is 0 Å². The van der Waals surface area contributed by atoms with E-state index in [1.165, 1.54) is 6.07 Å². The summed E-state index contributed by atoms with van der Waals surface area (Å²) < 4.78 is 13.4. The van der Waals surface area contributed by atoms with Gasteiger partial charge in [0.2, 0.25) is 5.91 Å². The Kier molecular flexibility index (Phi) is 2.89. The number of nitrogens with two attached hydrogens (primary N) is 1. The molecule has 2 N–H and O–H groups in total. The zero-order chi connectivity index (χ0) is 10.9. The highest BCUT2D eigenvalue weighted by atomic mass is 19.1. The van der Waals surface area contributed by atoms with Crippen molar-refractivity contribution in [3.05, 3.63) is 34.6 Å². The van der Waals surface area contributed by atoms with Crippen LogP contribution in [-0.4, -0.2) is 5.91 Å². The molecule has 0 bridgehead atoms. The number of rotatable bonds is 2. The van der Waals surface area contributed by atoms with Crippen LogP contribution < -0.4 is 5.73 Å². The fourth-order valence-corrected chi connectivity index (χ4v) is 1.44. The van der Waals surface area contributed by atoms with E-state index in [1.807, 2.05) is 13.8 Å². The number of hydrogen-bond donors (Lipinski definition) is 1. The zero-order valence-electron chi connectivity index (χ0n) is 8.60. The quantitative estimate of drug-likeness (QED) is 0.773. The van der Waals surface area contributed by atoms with Crippen molar-refractivity contribution >= 4 is 5.91 Å². The minimum Gasteiger partial charge on any atom is -0.366 e. The summed E-state index contributed by atoms with van der Waals surface area (Å²) in [5.74, 6) is -0.778. The Hall–Kier alpha value is -1.38. The summed E-state index contributed by atoms with van der Waals surface area (Å²) in [6, 6.07) is 2.84. The van der Waals surface area contributed by atoms with Gasteiger partial charge in [-0.25, -0.2) is 4.39 Å². The van der Waals surface area contributed by atoms with Crippen LogP contribution in [0.3, 0.4) is 0 Å². The van der Waals surface area contributed by atoms with E-state index in [4.69, 9.17) is 5.73 Å². The summed E-state index contributed by atoms with van der Waals surface area (Å²) in [7, 11) is 0. The third-order valence-electron chi connectivity index (χ3n) is 2.29. The monoisotopic (exact) mass is 195 g/mol. The largest absolute Gasteiger partial charge is 0.366 e. The first-order valence-electron chi connectivity index (χ1n) is 4.53. The molecule has 0 unspecified atom stereocenters. The molecular weight excluding hydrogens is 181 g/mol. The van der Waals surface area contributed by atoms with Gasteiger partial charge < -0.3 is 5.73 Å². The summed E-state index contributed by atoms with van der Waals surface area (Å²) in [5.41, 5.74) is 6.75. The molecule has 14 heavy (non-hydrogen) atoms. The number of hydrogen-bond acceptors (Lipinski definition) is 1. The molecule has 0 aliphatic heterocycles. The van der Waals surface area contributed by atoms with Crippen molar-refractivity contribution in [3.8, 4) is 0 Å². The van der Waals surface area contributed by atoms with Gasteiger partial charge >= 0.3 is 0 Å². The van der Waals surface area contributed by atoms with Gasteiger partial charge in [-0.1, -0.05) is 13.8 Å². The Labute approximate surface area is 82.9 Å². The molecule has 0 radical (unpaired) electrons. The van der Waals surface area contributed by atoms with E-state index in [-0.39, 0.29) is 17.3 Å². The number of amides is 1. The van der Waals surface area contributed by atoms with Gasteiger partial charge in [-0.15, -0.1) is 0 Å². The molecule has 0 saturated carbocycles. The van der Waals surface area contributed by atoms with Crippen molar-refractivity contribution in [2.24, 2.45) is 5.73 Å². The van der Waals surface area contributed by atoms with Crippen molar-refractivity contribution in [1.82, 2.24) is 0 Å². The van der Waals surface area contributed by atoms with Gasteiger partial charge in [0, 0.05) is 5.56 Å². The summed E-state index contributed by atoms with van der Waals surface area (Å²) in [6.07, 6.45) is 0. The first-order chi connectivity index (χ1) is 6.43.